The van der Waals surface area contributed by atoms with Gasteiger partial charge in [0.05, 0.1) is 5.69 Å². The van der Waals surface area contributed by atoms with Crippen molar-refractivity contribution in [2.75, 3.05) is 5.32 Å². The van der Waals surface area contributed by atoms with Crippen LogP contribution >= 0.6 is 11.6 Å². The van der Waals surface area contributed by atoms with E-state index in [1.807, 2.05) is 0 Å². The van der Waals surface area contributed by atoms with Crippen LogP contribution in [0.1, 0.15) is 18.3 Å². The second-order valence-electron chi connectivity index (χ2n) is 4.40. The van der Waals surface area contributed by atoms with Crippen LogP contribution in [0.2, 0.25) is 0 Å². The highest BCUT2D eigenvalue weighted by Crippen LogP contribution is 2.14. The topological polar surface area (TPSA) is 92.7 Å². The third-order valence-corrected chi connectivity index (χ3v) is 2.70. The van der Waals surface area contributed by atoms with Crippen LogP contribution in [0.4, 0.5) is 5.82 Å². The van der Waals surface area contributed by atoms with Crippen LogP contribution in [0.15, 0.2) is 16.9 Å². The number of aryl methyl sites for hydroxylation is 2. The van der Waals surface area contributed by atoms with E-state index in [9.17, 15) is 9.59 Å². The lowest BCUT2D eigenvalue weighted by Gasteiger charge is -2.09. The van der Waals surface area contributed by atoms with E-state index in [-0.39, 0.29) is 17.4 Å². The number of nitrogens with zero attached hydrogens (tertiary/aromatic N) is 3. The third-order valence-electron chi connectivity index (χ3n) is 2.50. The summed E-state index contributed by atoms with van der Waals surface area (Å²) in [7, 11) is 0. The maximum atomic E-state index is 11.7. The Kier molecular flexibility index (Phi) is 3.89. The van der Waals surface area contributed by atoms with Gasteiger partial charge >= 0.3 is 0 Å². The minimum atomic E-state index is -0.678. The van der Waals surface area contributed by atoms with Crippen molar-refractivity contribution in [3.05, 3.63) is 33.9 Å². The molecule has 7 nitrogen and oxygen atoms in total. The molecule has 0 fully saturated rings. The number of nitrogens with one attached hydrogen (secondary N) is 2. The van der Waals surface area contributed by atoms with Crippen LogP contribution in [0.3, 0.4) is 0 Å². The van der Waals surface area contributed by atoms with Crippen LogP contribution in [-0.4, -0.2) is 31.0 Å². The zero-order chi connectivity index (χ0) is 14.9. The number of carbonyl (C=O) groups is 1. The Labute approximate surface area is 120 Å². The number of hydrogen-bond donors (Lipinski definition) is 2. The predicted molar refractivity (Wildman–Crippen MR) is 75.4 cm³/mol. The Balaban J connectivity index is 2.46. The molecule has 2 heterocycles. The van der Waals surface area contributed by atoms with Gasteiger partial charge in [0.2, 0.25) is 11.9 Å². The maximum Gasteiger partial charge on any atom is 0.252 e. The van der Waals surface area contributed by atoms with E-state index in [0.29, 0.717) is 17.2 Å². The molecule has 0 aliphatic carbocycles. The molecule has 2 rings (SSSR count). The van der Waals surface area contributed by atoms with Crippen LogP contribution in [0.5, 0.6) is 0 Å². The summed E-state index contributed by atoms with van der Waals surface area (Å²) in [5.74, 6) is 0.275. The van der Waals surface area contributed by atoms with Crippen LogP contribution < -0.4 is 10.9 Å². The number of hydrogen-bond acceptors (Lipinski definition) is 4. The minimum absolute atomic E-state index is 0.237. The molecule has 0 unspecified atom stereocenters. The summed E-state index contributed by atoms with van der Waals surface area (Å²) >= 11 is 5.72. The van der Waals surface area contributed by atoms with E-state index < -0.39 is 5.38 Å². The van der Waals surface area contributed by atoms with Gasteiger partial charge in [-0.2, -0.15) is 9.78 Å². The second kappa shape index (κ2) is 5.46. The Morgan fingerprint density at radius 2 is 2.10 bits per heavy atom. The van der Waals surface area contributed by atoms with Crippen LogP contribution in [0, 0.1) is 13.8 Å². The van der Waals surface area contributed by atoms with Gasteiger partial charge < -0.3 is 5.32 Å². The lowest BCUT2D eigenvalue weighted by molar-refractivity contribution is -0.115. The fraction of sp³-hybridized carbons (Fsp3) is 0.333. The highest BCUT2D eigenvalue weighted by molar-refractivity contribution is 6.32. The van der Waals surface area contributed by atoms with E-state index in [0.717, 1.165) is 0 Å². The number of alkyl halides is 1. The van der Waals surface area contributed by atoms with E-state index in [1.165, 1.54) is 10.7 Å². The average molecular weight is 296 g/mol. The number of H-pyrrole nitrogens is 1. The summed E-state index contributed by atoms with van der Waals surface area (Å²) in [5.41, 5.74) is 0.940. The van der Waals surface area contributed by atoms with Gasteiger partial charge in [0.1, 0.15) is 11.2 Å². The van der Waals surface area contributed by atoms with E-state index in [2.05, 4.69) is 20.4 Å². The molecule has 2 aromatic heterocycles. The van der Waals surface area contributed by atoms with Crippen LogP contribution in [0.25, 0.3) is 5.95 Å². The zero-order valence-corrected chi connectivity index (χ0v) is 12.0. The summed E-state index contributed by atoms with van der Waals surface area (Å²) in [4.78, 5) is 29.9. The molecule has 20 heavy (non-hydrogen) atoms. The molecule has 0 bridgehead atoms. The van der Waals surface area contributed by atoms with Crippen molar-refractivity contribution in [1.29, 1.82) is 0 Å². The summed E-state index contributed by atoms with van der Waals surface area (Å²) < 4.78 is 1.36. The first-order chi connectivity index (χ1) is 9.36. The average Bonchev–Trinajstić information content (AvgIpc) is 2.68. The van der Waals surface area contributed by atoms with Gasteiger partial charge in [-0.15, -0.1) is 11.6 Å². The lowest BCUT2D eigenvalue weighted by Crippen LogP contribution is -2.23. The molecule has 8 heteroatoms. The van der Waals surface area contributed by atoms with Crippen molar-refractivity contribution in [2.24, 2.45) is 0 Å². The molecule has 0 radical (unpaired) electrons. The van der Waals surface area contributed by atoms with E-state index >= 15 is 0 Å². The first kappa shape index (κ1) is 14.3. The molecular formula is C12H14ClN5O2. The highest BCUT2D eigenvalue weighted by atomic mass is 35.5. The molecule has 2 aromatic rings. The van der Waals surface area contributed by atoms with Gasteiger partial charge in [-0.3, -0.25) is 14.6 Å². The number of rotatable bonds is 3. The van der Waals surface area contributed by atoms with Crippen LogP contribution in [-0.2, 0) is 4.79 Å². The molecule has 0 saturated heterocycles. The van der Waals surface area contributed by atoms with Gasteiger partial charge in [-0.25, -0.2) is 4.98 Å². The van der Waals surface area contributed by atoms with Crippen molar-refractivity contribution in [3.63, 3.8) is 0 Å². The van der Waals surface area contributed by atoms with Gasteiger partial charge in [0.25, 0.3) is 5.56 Å². The zero-order valence-electron chi connectivity index (χ0n) is 11.3. The fourth-order valence-corrected chi connectivity index (χ4v) is 1.69. The largest absolute Gasteiger partial charge is 0.309 e. The standard InChI is InChI=1S/C12H14ClN5O2/c1-6-5-10(19)16-12(14-6)18-9(4-7(2)17-18)15-11(20)8(3)13/h4-5,8H,1-3H3,(H,15,20)(H,14,16,19)/t8-/m1/s1. The fourth-order valence-electron chi connectivity index (χ4n) is 1.64. The molecule has 1 atom stereocenters. The Bertz CT molecular complexity index is 704. The summed E-state index contributed by atoms with van der Waals surface area (Å²) in [6.45, 7) is 5.04. The minimum Gasteiger partial charge on any atom is -0.309 e. The van der Waals surface area contributed by atoms with Gasteiger partial charge in [-0.1, -0.05) is 0 Å². The third kappa shape index (κ3) is 3.05. The summed E-state index contributed by atoms with van der Waals surface area (Å²) in [6.07, 6.45) is 0. The number of aromatic nitrogens is 4. The SMILES string of the molecule is Cc1cc(=O)[nH]c(-n2nc(C)cc2NC(=O)[C@@H](C)Cl)n1. The monoisotopic (exact) mass is 295 g/mol. The lowest BCUT2D eigenvalue weighted by atomic mass is 10.4. The van der Waals surface area contributed by atoms with E-state index in [4.69, 9.17) is 11.6 Å². The second-order valence-corrected chi connectivity index (χ2v) is 5.05. The first-order valence-corrected chi connectivity index (χ1v) is 6.40. The summed E-state index contributed by atoms with van der Waals surface area (Å²) in [6, 6.07) is 3.04. The number of halogens is 1. The van der Waals surface area contributed by atoms with Gasteiger partial charge in [0, 0.05) is 17.8 Å². The molecule has 0 aromatic carbocycles. The highest BCUT2D eigenvalue weighted by Gasteiger charge is 2.15. The Morgan fingerprint density at radius 3 is 2.70 bits per heavy atom. The van der Waals surface area contributed by atoms with Crippen molar-refractivity contribution >= 4 is 23.3 Å². The molecule has 0 saturated carbocycles. The quantitative estimate of drug-likeness (QED) is 0.830. The van der Waals surface area contributed by atoms with Gasteiger partial charge in [0.15, 0.2) is 0 Å². The molecule has 0 aliphatic heterocycles. The smallest absolute Gasteiger partial charge is 0.252 e. The van der Waals surface area contributed by atoms with Crippen molar-refractivity contribution in [1.82, 2.24) is 19.7 Å². The van der Waals surface area contributed by atoms with E-state index in [1.54, 1.807) is 26.8 Å². The summed E-state index contributed by atoms with van der Waals surface area (Å²) in [5, 5.41) is 6.16. The van der Waals surface area contributed by atoms with Crippen molar-refractivity contribution in [2.45, 2.75) is 26.1 Å². The predicted octanol–water partition coefficient (Wildman–Crippen LogP) is 1.14. The van der Waals surface area contributed by atoms with Crippen molar-refractivity contribution < 1.29 is 4.79 Å². The Hall–Kier alpha value is -2.15. The number of carbonyl (C=O) groups excluding carboxylic acids is 1. The Morgan fingerprint density at radius 1 is 1.40 bits per heavy atom. The molecule has 0 spiro atoms. The molecular weight excluding hydrogens is 282 g/mol. The first-order valence-electron chi connectivity index (χ1n) is 5.97. The molecule has 2 N–H and O–H groups in total. The molecule has 0 aliphatic rings. The molecule has 1 amide bonds. The number of anilines is 1. The molecule has 106 valence electrons. The number of amides is 1. The maximum absolute atomic E-state index is 11.7. The van der Waals surface area contributed by atoms with Crippen molar-refractivity contribution in [3.8, 4) is 5.95 Å². The normalized spacial score (nSPS) is 12.2. The van der Waals surface area contributed by atoms with Gasteiger partial charge in [-0.05, 0) is 20.8 Å². The number of aromatic amines is 1.